The van der Waals surface area contributed by atoms with Crippen LogP contribution in [0.4, 0.5) is 5.69 Å². The van der Waals surface area contributed by atoms with Crippen LogP contribution in [-0.4, -0.2) is 11.8 Å². The summed E-state index contributed by atoms with van der Waals surface area (Å²) in [6.07, 6.45) is 5.04. The van der Waals surface area contributed by atoms with E-state index >= 15 is 0 Å². The lowest BCUT2D eigenvalue weighted by Gasteiger charge is -2.14. The van der Waals surface area contributed by atoms with Crippen molar-refractivity contribution in [1.29, 1.82) is 0 Å². The molecule has 2 aromatic rings. The SMILES string of the molecule is CC(NC(=O)/C=C/c1ccc(Cl)cc1Cl)c1ccc(NC(=O)C2CC2)cc1. The zero-order valence-corrected chi connectivity index (χ0v) is 16.3. The first-order chi connectivity index (χ1) is 12.9. The highest BCUT2D eigenvalue weighted by Crippen LogP contribution is 2.30. The van der Waals surface area contributed by atoms with E-state index in [0.717, 1.165) is 29.7 Å². The van der Waals surface area contributed by atoms with E-state index in [2.05, 4.69) is 10.6 Å². The number of halogens is 2. The Morgan fingerprint density at radius 3 is 2.44 bits per heavy atom. The van der Waals surface area contributed by atoms with Crippen LogP contribution in [0, 0.1) is 5.92 Å². The number of hydrogen-bond donors (Lipinski definition) is 2. The molecule has 2 aromatic carbocycles. The van der Waals surface area contributed by atoms with Crippen LogP contribution < -0.4 is 10.6 Å². The van der Waals surface area contributed by atoms with Crippen LogP contribution in [0.5, 0.6) is 0 Å². The van der Waals surface area contributed by atoms with Crippen LogP contribution in [0.1, 0.15) is 36.9 Å². The molecule has 0 aliphatic heterocycles. The van der Waals surface area contributed by atoms with Gasteiger partial charge in [0.2, 0.25) is 11.8 Å². The van der Waals surface area contributed by atoms with Crippen molar-refractivity contribution in [3.05, 3.63) is 69.7 Å². The van der Waals surface area contributed by atoms with E-state index in [-0.39, 0.29) is 23.8 Å². The number of hydrogen-bond acceptors (Lipinski definition) is 2. The molecule has 0 aromatic heterocycles. The van der Waals surface area contributed by atoms with Crippen molar-refractivity contribution < 1.29 is 9.59 Å². The van der Waals surface area contributed by atoms with Crippen molar-refractivity contribution >= 4 is 46.8 Å². The molecular weight excluding hydrogens is 383 g/mol. The van der Waals surface area contributed by atoms with Gasteiger partial charge in [0.25, 0.3) is 0 Å². The molecule has 6 heteroatoms. The third-order valence-electron chi connectivity index (χ3n) is 4.36. The molecule has 0 spiro atoms. The molecule has 0 radical (unpaired) electrons. The maximum absolute atomic E-state index is 12.1. The zero-order chi connectivity index (χ0) is 19.4. The van der Waals surface area contributed by atoms with Gasteiger partial charge in [-0.1, -0.05) is 41.4 Å². The van der Waals surface area contributed by atoms with Crippen molar-refractivity contribution in [2.24, 2.45) is 5.92 Å². The third kappa shape index (κ3) is 5.59. The van der Waals surface area contributed by atoms with Crippen LogP contribution >= 0.6 is 23.2 Å². The minimum Gasteiger partial charge on any atom is -0.346 e. The Morgan fingerprint density at radius 1 is 1.11 bits per heavy atom. The maximum Gasteiger partial charge on any atom is 0.244 e. The molecule has 27 heavy (non-hydrogen) atoms. The number of carbonyl (C=O) groups excluding carboxylic acids is 2. The highest BCUT2D eigenvalue weighted by Gasteiger charge is 2.29. The van der Waals surface area contributed by atoms with Crippen LogP contribution in [0.15, 0.2) is 48.5 Å². The first-order valence-electron chi connectivity index (χ1n) is 8.77. The molecule has 1 saturated carbocycles. The number of benzene rings is 2. The van der Waals surface area contributed by atoms with Crippen LogP contribution in [0.2, 0.25) is 10.0 Å². The number of nitrogens with one attached hydrogen (secondary N) is 2. The summed E-state index contributed by atoms with van der Waals surface area (Å²) in [5.74, 6) is 0.0264. The van der Waals surface area contributed by atoms with Crippen LogP contribution in [0.25, 0.3) is 6.08 Å². The van der Waals surface area contributed by atoms with Crippen molar-refractivity contribution in [3.8, 4) is 0 Å². The van der Waals surface area contributed by atoms with E-state index in [4.69, 9.17) is 23.2 Å². The fourth-order valence-corrected chi connectivity index (χ4v) is 3.06. The van der Waals surface area contributed by atoms with Gasteiger partial charge in [-0.15, -0.1) is 0 Å². The first-order valence-corrected chi connectivity index (χ1v) is 9.52. The van der Waals surface area contributed by atoms with Gasteiger partial charge in [0.15, 0.2) is 0 Å². The Labute approximate surface area is 168 Å². The van der Waals surface area contributed by atoms with Gasteiger partial charge in [-0.05, 0) is 61.2 Å². The van der Waals surface area contributed by atoms with Crippen LogP contribution in [0.3, 0.4) is 0 Å². The first kappa shape index (κ1) is 19.5. The average Bonchev–Trinajstić information content (AvgIpc) is 3.46. The van der Waals surface area contributed by atoms with Gasteiger partial charge >= 0.3 is 0 Å². The molecule has 1 aliphatic carbocycles. The van der Waals surface area contributed by atoms with Crippen molar-refractivity contribution in [2.45, 2.75) is 25.8 Å². The second kappa shape index (κ2) is 8.59. The fraction of sp³-hybridized carbons (Fsp3) is 0.238. The van der Waals surface area contributed by atoms with E-state index in [1.807, 2.05) is 31.2 Å². The molecule has 4 nitrogen and oxygen atoms in total. The van der Waals surface area contributed by atoms with Crippen LogP contribution in [-0.2, 0) is 9.59 Å². The largest absolute Gasteiger partial charge is 0.346 e. The Hall–Kier alpha value is -2.30. The van der Waals surface area contributed by atoms with Gasteiger partial charge in [0.1, 0.15) is 0 Å². The molecule has 1 unspecified atom stereocenters. The molecule has 0 saturated heterocycles. The normalized spacial score (nSPS) is 14.8. The Balaban J connectivity index is 1.55. The average molecular weight is 403 g/mol. The molecule has 1 atom stereocenters. The number of carbonyl (C=O) groups is 2. The Kier molecular flexibility index (Phi) is 6.19. The van der Waals surface area contributed by atoms with E-state index in [1.54, 1.807) is 24.3 Å². The lowest BCUT2D eigenvalue weighted by Crippen LogP contribution is -2.24. The van der Waals surface area contributed by atoms with Crippen molar-refractivity contribution in [3.63, 3.8) is 0 Å². The zero-order valence-electron chi connectivity index (χ0n) is 14.8. The van der Waals surface area contributed by atoms with Gasteiger partial charge in [0, 0.05) is 27.7 Å². The monoisotopic (exact) mass is 402 g/mol. The Morgan fingerprint density at radius 2 is 1.81 bits per heavy atom. The highest BCUT2D eigenvalue weighted by atomic mass is 35.5. The smallest absolute Gasteiger partial charge is 0.244 e. The molecule has 140 valence electrons. The summed E-state index contributed by atoms with van der Waals surface area (Å²) < 4.78 is 0. The summed E-state index contributed by atoms with van der Waals surface area (Å²) in [5.41, 5.74) is 2.44. The molecule has 1 fully saturated rings. The summed E-state index contributed by atoms with van der Waals surface area (Å²) in [4.78, 5) is 23.9. The summed E-state index contributed by atoms with van der Waals surface area (Å²) in [6, 6.07) is 12.4. The van der Waals surface area contributed by atoms with E-state index < -0.39 is 0 Å². The molecule has 0 heterocycles. The topological polar surface area (TPSA) is 58.2 Å². The molecule has 0 bridgehead atoms. The van der Waals surface area contributed by atoms with E-state index in [9.17, 15) is 9.59 Å². The lowest BCUT2D eigenvalue weighted by molar-refractivity contribution is -0.118. The number of anilines is 1. The van der Waals surface area contributed by atoms with Gasteiger partial charge in [-0.2, -0.15) is 0 Å². The minimum atomic E-state index is -0.223. The van der Waals surface area contributed by atoms with Crippen molar-refractivity contribution in [1.82, 2.24) is 5.32 Å². The molecule has 2 N–H and O–H groups in total. The summed E-state index contributed by atoms with van der Waals surface area (Å²) in [7, 11) is 0. The van der Waals surface area contributed by atoms with Gasteiger partial charge in [-0.3, -0.25) is 9.59 Å². The second-order valence-corrected chi connectivity index (χ2v) is 7.46. The molecule has 3 rings (SSSR count). The number of rotatable bonds is 6. The maximum atomic E-state index is 12.1. The highest BCUT2D eigenvalue weighted by molar-refractivity contribution is 6.35. The summed E-state index contributed by atoms with van der Waals surface area (Å²) in [5, 5.41) is 6.84. The third-order valence-corrected chi connectivity index (χ3v) is 4.92. The van der Waals surface area contributed by atoms with Gasteiger partial charge in [-0.25, -0.2) is 0 Å². The molecular formula is C21H20Cl2N2O2. The Bertz CT molecular complexity index is 874. The number of amides is 2. The van der Waals surface area contributed by atoms with Gasteiger partial charge in [0.05, 0.1) is 6.04 Å². The minimum absolute atomic E-state index is 0.0788. The lowest BCUT2D eigenvalue weighted by atomic mass is 10.1. The van der Waals surface area contributed by atoms with E-state index in [0.29, 0.717) is 10.0 Å². The summed E-state index contributed by atoms with van der Waals surface area (Å²) >= 11 is 12.0. The predicted molar refractivity (Wildman–Crippen MR) is 110 cm³/mol. The standard InChI is InChI=1S/C21H20Cl2N2O2/c1-13(14-5-9-18(10-6-14)25-21(27)16-2-3-16)24-20(26)11-7-15-4-8-17(22)12-19(15)23/h4-13,16H,2-3H2,1H3,(H,24,26)(H,25,27)/b11-7+. The fourth-order valence-electron chi connectivity index (χ4n) is 2.59. The molecule has 2 amide bonds. The van der Waals surface area contributed by atoms with Gasteiger partial charge < -0.3 is 10.6 Å². The predicted octanol–water partition coefficient (Wildman–Crippen LogP) is 5.23. The quantitative estimate of drug-likeness (QED) is 0.649. The van der Waals surface area contributed by atoms with E-state index in [1.165, 1.54) is 6.08 Å². The summed E-state index contributed by atoms with van der Waals surface area (Å²) in [6.45, 7) is 1.90. The molecule has 1 aliphatic rings. The van der Waals surface area contributed by atoms with Crippen molar-refractivity contribution in [2.75, 3.05) is 5.32 Å². The second-order valence-electron chi connectivity index (χ2n) is 6.61.